The number of hydrogen-bond acceptors (Lipinski definition) is 7. The number of esters is 1. The summed E-state index contributed by atoms with van der Waals surface area (Å²) in [5.41, 5.74) is 0. The first-order chi connectivity index (χ1) is 14.9. The van der Waals surface area contributed by atoms with Crippen LogP contribution < -0.4 is 4.89 Å². The second-order valence-corrected chi connectivity index (χ2v) is 10.9. The maximum Gasteiger partial charge on any atom is 0.306 e. The fourth-order valence-corrected chi connectivity index (χ4v) is 4.58. The average Bonchev–Trinajstić information content (AvgIpc) is 2.71. The SMILES string of the molecule is CCCCCCCC/C=C\CCCCCCCC(=O)O[C@@H]1COCC[C@@H]1O[P+]([O-])(O)[S-]. The number of unbranched alkanes of at least 4 members (excludes halogenated alkanes) is 11. The molecule has 0 radical (unpaired) electrons. The molecule has 31 heavy (non-hydrogen) atoms. The van der Waals surface area contributed by atoms with Crippen LogP contribution in [0.3, 0.4) is 0 Å². The summed E-state index contributed by atoms with van der Waals surface area (Å²) >= 11 is 4.41. The van der Waals surface area contributed by atoms with Gasteiger partial charge >= 0.3 is 5.97 Å². The highest BCUT2D eigenvalue weighted by Gasteiger charge is 2.33. The van der Waals surface area contributed by atoms with Crippen LogP contribution in [0, 0.1) is 0 Å². The summed E-state index contributed by atoms with van der Waals surface area (Å²) in [5.74, 6) is -0.320. The third-order valence-electron chi connectivity index (χ3n) is 5.44. The van der Waals surface area contributed by atoms with Crippen LogP contribution in [-0.2, 0) is 31.0 Å². The highest BCUT2D eigenvalue weighted by molar-refractivity contribution is 8.34. The zero-order chi connectivity index (χ0) is 22.8. The molecule has 1 N–H and O–H groups in total. The highest BCUT2D eigenvalue weighted by atomic mass is 32.7. The van der Waals surface area contributed by atoms with Crippen LogP contribution in [0.25, 0.3) is 0 Å². The Morgan fingerprint density at radius 3 is 2.23 bits per heavy atom. The zero-order valence-corrected chi connectivity index (χ0v) is 20.9. The molecule has 3 atom stereocenters. The van der Waals surface area contributed by atoms with Gasteiger partial charge in [-0.2, -0.15) is 0 Å². The predicted molar refractivity (Wildman–Crippen MR) is 126 cm³/mol. The van der Waals surface area contributed by atoms with Crippen molar-refractivity contribution in [3.05, 3.63) is 12.2 Å². The van der Waals surface area contributed by atoms with E-state index >= 15 is 0 Å². The standard InChI is InChI=1S/C23H43O6PS/c1-2-3-4-5-6-7-8-9-10-11-12-13-14-15-16-17-23(24)28-22-20-27-19-18-21(22)29-30(25,26)31/h9-10,21-22H,2-8,11-20H2,1H3,(H2,25,26,31)/p-1/b10-9-/t21-,22+/m0/s1. The van der Waals surface area contributed by atoms with Gasteiger partial charge in [-0.05, 0) is 32.1 Å². The molecule has 182 valence electrons. The van der Waals surface area contributed by atoms with E-state index in [2.05, 4.69) is 31.3 Å². The van der Waals surface area contributed by atoms with E-state index in [0.29, 0.717) is 19.4 Å². The molecular weight excluding hydrogens is 435 g/mol. The van der Waals surface area contributed by atoms with Crippen molar-refractivity contribution in [1.82, 2.24) is 0 Å². The number of ether oxygens (including phenoxy) is 2. The number of carbonyl (C=O) groups excluding carboxylic acids is 1. The molecule has 0 aliphatic carbocycles. The van der Waals surface area contributed by atoms with Gasteiger partial charge in [-0.15, -0.1) is 0 Å². The van der Waals surface area contributed by atoms with E-state index in [4.69, 9.17) is 14.0 Å². The topological polar surface area (TPSA) is 88.1 Å². The van der Waals surface area contributed by atoms with Crippen LogP contribution in [0.15, 0.2) is 12.2 Å². The normalized spacial score (nSPS) is 21.3. The summed E-state index contributed by atoms with van der Waals surface area (Å²) in [6.07, 6.45) is 19.7. The largest absolute Gasteiger partial charge is 0.649 e. The van der Waals surface area contributed by atoms with Crippen LogP contribution in [0.5, 0.6) is 0 Å². The Labute approximate surface area is 194 Å². The van der Waals surface area contributed by atoms with Gasteiger partial charge in [0.1, 0.15) is 13.2 Å². The van der Waals surface area contributed by atoms with Gasteiger partial charge in [-0.1, -0.05) is 70.4 Å². The fourth-order valence-electron chi connectivity index (χ4n) is 3.66. The van der Waals surface area contributed by atoms with E-state index in [1.807, 2.05) is 0 Å². The second kappa shape index (κ2) is 18.3. The molecule has 6 nitrogen and oxygen atoms in total. The molecule has 0 amide bonds. The molecule has 0 aromatic rings. The van der Waals surface area contributed by atoms with Gasteiger partial charge in [-0.25, -0.2) is 9.42 Å². The van der Waals surface area contributed by atoms with Gasteiger partial charge in [-0.3, -0.25) is 4.79 Å². The van der Waals surface area contributed by atoms with Gasteiger partial charge in [0.05, 0.1) is 6.61 Å². The van der Waals surface area contributed by atoms with E-state index < -0.39 is 19.4 Å². The third-order valence-corrected chi connectivity index (χ3v) is 6.23. The van der Waals surface area contributed by atoms with Crippen molar-refractivity contribution in [3.63, 3.8) is 0 Å². The molecule has 1 unspecified atom stereocenters. The molecule has 1 fully saturated rings. The van der Waals surface area contributed by atoms with E-state index in [0.717, 1.165) is 25.7 Å². The van der Waals surface area contributed by atoms with Crippen LogP contribution >= 0.6 is 7.15 Å². The molecular formula is C23H42O6PS-. The van der Waals surface area contributed by atoms with E-state index in [-0.39, 0.29) is 12.6 Å². The molecule has 1 rings (SSSR count). The van der Waals surface area contributed by atoms with Crippen molar-refractivity contribution in [2.75, 3.05) is 13.2 Å². The zero-order valence-electron chi connectivity index (χ0n) is 19.2. The van der Waals surface area contributed by atoms with Crippen molar-refractivity contribution in [2.24, 2.45) is 0 Å². The molecule has 8 heteroatoms. The first-order valence-electron chi connectivity index (χ1n) is 12.1. The quantitative estimate of drug-likeness (QED) is 0.0940. The molecule has 1 aliphatic heterocycles. The molecule has 0 aromatic carbocycles. The number of rotatable bonds is 18. The predicted octanol–water partition coefficient (Wildman–Crippen LogP) is 5.32. The minimum Gasteiger partial charge on any atom is -0.649 e. The smallest absolute Gasteiger partial charge is 0.306 e. The van der Waals surface area contributed by atoms with Gasteiger partial charge in [0.2, 0.25) is 0 Å². The monoisotopic (exact) mass is 477 g/mol. The van der Waals surface area contributed by atoms with Crippen LogP contribution in [-0.4, -0.2) is 36.3 Å². The van der Waals surface area contributed by atoms with E-state index in [1.165, 1.54) is 57.8 Å². The van der Waals surface area contributed by atoms with Crippen LogP contribution in [0.1, 0.15) is 103 Å². The van der Waals surface area contributed by atoms with Crippen molar-refractivity contribution < 1.29 is 28.6 Å². The highest BCUT2D eigenvalue weighted by Crippen LogP contribution is 2.46. The van der Waals surface area contributed by atoms with Crippen molar-refractivity contribution >= 4 is 25.4 Å². The molecule has 0 spiro atoms. The van der Waals surface area contributed by atoms with E-state index in [9.17, 15) is 14.6 Å². The molecule has 1 aliphatic rings. The van der Waals surface area contributed by atoms with E-state index in [1.54, 1.807) is 0 Å². The summed E-state index contributed by atoms with van der Waals surface area (Å²) < 4.78 is 15.7. The summed E-state index contributed by atoms with van der Waals surface area (Å²) in [5, 5.41) is 0. The molecule has 0 aromatic heterocycles. The maximum atomic E-state index is 12.1. The Kier molecular flexibility index (Phi) is 17.0. The first-order valence-corrected chi connectivity index (χ1v) is 14.7. The number of carbonyl (C=O) groups is 1. The average molecular weight is 478 g/mol. The minimum absolute atomic E-state index is 0.165. The maximum absolute atomic E-state index is 12.1. The lowest BCUT2D eigenvalue weighted by molar-refractivity contribution is -0.218. The van der Waals surface area contributed by atoms with Crippen molar-refractivity contribution in [2.45, 2.75) is 115 Å². The Morgan fingerprint density at radius 1 is 1.03 bits per heavy atom. The lowest BCUT2D eigenvalue weighted by Gasteiger charge is -2.36. The molecule has 0 bridgehead atoms. The Hall–Kier alpha value is -0.170. The Balaban J connectivity index is 1.98. The summed E-state index contributed by atoms with van der Waals surface area (Å²) in [7, 11) is -4.04. The minimum atomic E-state index is -4.04. The third kappa shape index (κ3) is 17.0. The second-order valence-electron chi connectivity index (χ2n) is 8.34. The molecule has 1 heterocycles. The van der Waals surface area contributed by atoms with Gasteiger partial charge in [0.15, 0.2) is 6.10 Å². The molecule has 1 saturated heterocycles. The van der Waals surface area contributed by atoms with Crippen molar-refractivity contribution in [1.29, 1.82) is 0 Å². The van der Waals surface area contributed by atoms with Gasteiger partial charge in [0.25, 0.3) is 0 Å². The van der Waals surface area contributed by atoms with Gasteiger partial charge < -0.3 is 26.6 Å². The summed E-state index contributed by atoms with van der Waals surface area (Å²) in [6.45, 7) is 2.81. The Bertz CT molecular complexity index is 483. The van der Waals surface area contributed by atoms with Crippen LogP contribution in [0.2, 0.25) is 0 Å². The summed E-state index contributed by atoms with van der Waals surface area (Å²) in [4.78, 5) is 32.6. The lowest BCUT2D eigenvalue weighted by Crippen LogP contribution is -2.42. The molecule has 0 saturated carbocycles. The van der Waals surface area contributed by atoms with Crippen LogP contribution in [0.4, 0.5) is 0 Å². The first kappa shape index (κ1) is 28.9. The summed E-state index contributed by atoms with van der Waals surface area (Å²) in [6, 6.07) is 0. The lowest BCUT2D eigenvalue weighted by atomic mass is 10.1. The van der Waals surface area contributed by atoms with Crippen molar-refractivity contribution in [3.8, 4) is 0 Å². The Morgan fingerprint density at radius 2 is 1.61 bits per heavy atom. The number of hydrogen-bond donors (Lipinski definition) is 1. The fraction of sp³-hybridized carbons (Fsp3) is 0.870. The number of allylic oxidation sites excluding steroid dienone is 2. The van der Waals surface area contributed by atoms with Gasteiger partial charge in [0, 0.05) is 19.4 Å².